The van der Waals surface area contributed by atoms with Gasteiger partial charge in [-0.15, -0.1) is 0 Å². The quantitative estimate of drug-likeness (QED) is 0.747. The number of fused-ring (bicyclic) bond motifs is 1. The SMILES string of the molecule is CCn1cc(C(=O)OCC(=O)NC23CC4CC(CC(C4)C2)C3)c(=O)c2ccc(C)nc21. The Morgan fingerprint density at radius 2 is 1.81 bits per heavy atom. The van der Waals surface area contributed by atoms with E-state index in [1.165, 1.54) is 25.5 Å². The van der Waals surface area contributed by atoms with Crippen LogP contribution in [0, 0.1) is 24.7 Å². The minimum absolute atomic E-state index is 0.0670. The van der Waals surface area contributed by atoms with Crippen molar-refractivity contribution >= 4 is 22.9 Å². The van der Waals surface area contributed by atoms with Crippen LogP contribution in [0.3, 0.4) is 0 Å². The van der Waals surface area contributed by atoms with Crippen molar-refractivity contribution in [2.45, 2.75) is 64.5 Å². The first-order chi connectivity index (χ1) is 14.9. The summed E-state index contributed by atoms with van der Waals surface area (Å²) < 4.78 is 7.03. The van der Waals surface area contributed by atoms with Crippen molar-refractivity contribution in [2.75, 3.05) is 6.61 Å². The zero-order valence-corrected chi connectivity index (χ0v) is 18.1. The van der Waals surface area contributed by atoms with Crippen LogP contribution in [0.2, 0.25) is 0 Å². The minimum Gasteiger partial charge on any atom is -0.452 e. The molecule has 4 bridgehead atoms. The number of aryl methyl sites for hydroxylation is 2. The van der Waals surface area contributed by atoms with Crippen LogP contribution in [0.15, 0.2) is 23.1 Å². The first-order valence-electron chi connectivity index (χ1n) is 11.3. The molecule has 7 nitrogen and oxygen atoms in total. The van der Waals surface area contributed by atoms with Gasteiger partial charge in [-0.3, -0.25) is 9.59 Å². The largest absolute Gasteiger partial charge is 0.452 e. The van der Waals surface area contributed by atoms with E-state index in [2.05, 4.69) is 10.3 Å². The highest BCUT2D eigenvalue weighted by molar-refractivity contribution is 5.94. The summed E-state index contributed by atoms with van der Waals surface area (Å²) in [5.41, 5.74) is 0.732. The predicted molar refractivity (Wildman–Crippen MR) is 116 cm³/mol. The van der Waals surface area contributed by atoms with Crippen molar-refractivity contribution in [1.29, 1.82) is 0 Å². The van der Waals surface area contributed by atoms with Gasteiger partial charge in [0.2, 0.25) is 5.43 Å². The van der Waals surface area contributed by atoms with E-state index in [0.717, 1.165) is 42.7 Å². The highest BCUT2D eigenvalue weighted by Crippen LogP contribution is 2.55. The Balaban J connectivity index is 1.29. The van der Waals surface area contributed by atoms with Gasteiger partial charge >= 0.3 is 5.97 Å². The number of pyridine rings is 2. The molecule has 31 heavy (non-hydrogen) atoms. The van der Waals surface area contributed by atoms with Crippen LogP contribution in [0.5, 0.6) is 0 Å². The number of nitrogens with zero attached hydrogens (tertiary/aromatic N) is 2. The maximum Gasteiger partial charge on any atom is 0.344 e. The summed E-state index contributed by atoms with van der Waals surface area (Å²) in [6.07, 6.45) is 8.49. The number of rotatable bonds is 5. The van der Waals surface area contributed by atoms with Crippen molar-refractivity contribution in [2.24, 2.45) is 17.8 Å². The number of ether oxygens (including phenoxy) is 1. The van der Waals surface area contributed by atoms with E-state index >= 15 is 0 Å². The van der Waals surface area contributed by atoms with E-state index in [-0.39, 0.29) is 23.6 Å². The third-order valence-electron chi connectivity index (χ3n) is 7.40. The van der Waals surface area contributed by atoms with Gasteiger partial charge in [-0.25, -0.2) is 9.78 Å². The van der Waals surface area contributed by atoms with Crippen molar-refractivity contribution in [3.63, 3.8) is 0 Å². The van der Waals surface area contributed by atoms with Gasteiger partial charge in [0.15, 0.2) is 6.61 Å². The lowest BCUT2D eigenvalue weighted by molar-refractivity contribution is -0.130. The number of carbonyl (C=O) groups is 2. The Morgan fingerprint density at radius 1 is 1.16 bits per heavy atom. The lowest BCUT2D eigenvalue weighted by atomic mass is 9.53. The summed E-state index contributed by atoms with van der Waals surface area (Å²) >= 11 is 0. The van der Waals surface area contributed by atoms with Crippen LogP contribution in [0.4, 0.5) is 0 Å². The molecule has 4 aliphatic rings. The maximum absolute atomic E-state index is 12.8. The van der Waals surface area contributed by atoms with Crippen LogP contribution in [-0.2, 0) is 16.1 Å². The third-order valence-corrected chi connectivity index (χ3v) is 7.40. The molecule has 0 unspecified atom stereocenters. The van der Waals surface area contributed by atoms with E-state index < -0.39 is 11.4 Å². The number of nitrogens with one attached hydrogen (secondary N) is 1. The van der Waals surface area contributed by atoms with Gasteiger partial charge in [-0.2, -0.15) is 0 Å². The first-order valence-corrected chi connectivity index (χ1v) is 11.3. The topological polar surface area (TPSA) is 90.3 Å². The highest BCUT2D eigenvalue weighted by atomic mass is 16.5. The van der Waals surface area contributed by atoms with E-state index in [1.807, 2.05) is 13.8 Å². The van der Waals surface area contributed by atoms with Crippen LogP contribution in [0.25, 0.3) is 11.0 Å². The van der Waals surface area contributed by atoms with Crippen LogP contribution in [0.1, 0.15) is 61.5 Å². The molecule has 7 heteroatoms. The third kappa shape index (κ3) is 3.64. The Labute approximate surface area is 181 Å². The summed E-state index contributed by atoms with van der Waals surface area (Å²) in [5, 5.41) is 3.57. The molecule has 1 amide bonds. The fourth-order valence-corrected chi connectivity index (χ4v) is 6.55. The zero-order chi connectivity index (χ0) is 21.8. The van der Waals surface area contributed by atoms with Gasteiger partial charge in [0, 0.05) is 24.0 Å². The standard InChI is InChI=1S/C24H29N3O4/c1-3-27-12-19(21(29)18-5-4-14(2)25-22(18)27)23(30)31-13-20(28)26-24-9-15-6-16(10-24)8-17(7-15)11-24/h4-5,12,15-17H,3,6-11,13H2,1-2H3,(H,26,28). The molecule has 0 aliphatic heterocycles. The number of esters is 1. The monoisotopic (exact) mass is 423 g/mol. The van der Waals surface area contributed by atoms with E-state index in [4.69, 9.17) is 4.74 Å². The lowest BCUT2D eigenvalue weighted by Crippen LogP contribution is -2.60. The molecular weight excluding hydrogens is 394 g/mol. The molecule has 4 fully saturated rings. The van der Waals surface area contributed by atoms with Crippen molar-refractivity contribution in [3.8, 4) is 0 Å². The Kier molecular flexibility index (Phi) is 4.87. The fourth-order valence-electron chi connectivity index (χ4n) is 6.55. The van der Waals surface area contributed by atoms with Crippen LogP contribution in [-0.4, -0.2) is 33.6 Å². The van der Waals surface area contributed by atoms with Gasteiger partial charge in [0.25, 0.3) is 5.91 Å². The Morgan fingerprint density at radius 3 is 2.42 bits per heavy atom. The molecular formula is C24H29N3O4. The molecule has 0 saturated heterocycles. The Hall–Kier alpha value is -2.70. The number of carbonyl (C=O) groups excluding carboxylic acids is 2. The smallest absolute Gasteiger partial charge is 0.344 e. The Bertz CT molecular complexity index is 1080. The first kappa shape index (κ1) is 20.2. The number of amides is 1. The normalized spacial score (nSPS) is 28.6. The molecule has 164 valence electrons. The van der Waals surface area contributed by atoms with Gasteiger partial charge in [-0.1, -0.05) is 0 Å². The van der Waals surface area contributed by atoms with Crippen LogP contribution < -0.4 is 10.7 Å². The van der Waals surface area contributed by atoms with Crippen LogP contribution >= 0.6 is 0 Å². The molecule has 0 spiro atoms. The highest BCUT2D eigenvalue weighted by Gasteiger charge is 2.51. The zero-order valence-electron chi connectivity index (χ0n) is 18.1. The molecule has 0 radical (unpaired) electrons. The second-order valence-corrected chi connectivity index (χ2v) is 9.80. The molecule has 2 heterocycles. The molecule has 4 saturated carbocycles. The number of aromatic nitrogens is 2. The van der Waals surface area contributed by atoms with E-state index in [0.29, 0.717) is 17.6 Å². The second kappa shape index (κ2) is 7.46. The molecule has 4 aliphatic carbocycles. The summed E-state index contributed by atoms with van der Waals surface area (Å²) in [4.78, 5) is 42.6. The summed E-state index contributed by atoms with van der Waals surface area (Å²) in [6.45, 7) is 3.97. The van der Waals surface area contributed by atoms with E-state index in [9.17, 15) is 14.4 Å². The average molecular weight is 424 g/mol. The fraction of sp³-hybridized carbons (Fsp3) is 0.583. The number of hydrogen-bond donors (Lipinski definition) is 1. The minimum atomic E-state index is -0.768. The maximum atomic E-state index is 12.8. The van der Waals surface area contributed by atoms with Crippen molar-refractivity contribution < 1.29 is 14.3 Å². The van der Waals surface area contributed by atoms with Gasteiger partial charge in [0.1, 0.15) is 11.2 Å². The molecule has 0 aromatic carbocycles. The molecule has 2 aromatic heterocycles. The molecule has 0 atom stereocenters. The van der Waals surface area contributed by atoms with Gasteiger partial charge in [0.05, 0.1) is 5.39 Å². The average Bonchev–Trinajstić information content (AvgIpc) is 2.71. The van der Waals surface area contributed by atoms with Crippen molar-refractivity contribution in [1.82, 2.24) is 14.9 Å². The van der Waals surface area contributed by atoms with Crippen molar-refractivity contribution in [3.05, 3.63) is 39.8 Å². The molecule has 2 aromatic rings. The summed E-state index contributed by atoms with van der Waals surface area (Å²) in [7, 11) is 0. The second-order valence-electron chi connectivity index (χ2n) is 9.80. The van der Waals surface area contributed by atoms with Gasteiger partial charge in [-0.05, 0) is 82.3 Å². The summed E-state index contributed by atoms with van der Waals surface area (Å²) in [5.74, 6) is 1.11. The van der Waals surface area contributed by atoms with E-state index in [1.54, 1.807) is 16.7 Å². The predicted octanol–water partition coefficient (Wildman–Crippen LogP) is 2.97. The lowest BCUT2D eigenvalue weighted by Gasteiger charge is -2.56. The molecule has 1 N–H and O–H groups in total. The number of hydrogen-bond acceptors (Lipinski definition) is 5. The summed E-state index contributed by atoms with van der Waals surface area (Å²) in [6, 6.07) is 3.43. The van der Waals surface area contributed by atoms with Gasteiger partial charge < -0.3 is 14.6 Å². The molecule has 6 rings (SSSR count).